The molecule has 0 aliphatic rings. The highest BCUT2D eigenvalue weighted by molar-refractivity contribution is 6.04. The molecule has 0 atom stereocenters. The number of aryl methyl sites for hydroxylation is 1. The molecule has 2 aromatic rings. The summed E-state index contributed by atoms with van der Waals surface area (Å²) in [5.74, 6) is -0.409. The lowest BCUT2D eigenvalue weighted by Crippen LogP contribution is -2.12. The summed E-state index contributed by atoms with van der Waals surface area (Å²) < 4.78 is 0. The number of anilines is 1. The van der Waals surface area contributed by atoms with Crippen LogP contribution in [0.2, 0.25) is 0 Å². The molecule has 18 heavy (non-hydrogen) atoms. The number of nitrogens with one attached hydrogen (secondary N) is 2. The lowest BCUT2D eigenvalue weighted by atomic mass is 10.2. The van der Waals surface area contributed by atoms with Crippen molar-refractivity contribution in [1.82, 2.24) is 4.98 Å². The topological polar surface area (TPSA) is 82.2 Å². The molecule has 5 heteroatoms. The molecule has 0 unspecified atom stereocenters. The largest absolute Gasteiger partial charge is 0.506 e. The van der Waals surface area contributed by atoms with Crippen molar-refractivity contribution >= 4 is 17.9 Å². The van der Waals surface area contributed by atoms with Gasteiger partial charge in [-0.15, -0.1) is 0 Å². The van der Waals surface area contributed by atoms with Crippen LogP contribution in [0.3, 0.4) is 0 Å². The van der Waals surface area contributed by atoms with Crippen molar-refractivity contribution in [3.63, 3.8) is 0 Å². The van der Waals surface area contributed by atoms with Crippen molar-refractivity contribution in [1.29, 1.82) is 0 Å². The van der Waals surface area contributed by atoms with Gasteiger partial charge in [0.05, 0.1) is 5.69 Å². The minimum absolute atomic E-state index is 0.00511. The second kappa shape index (κ2) is 4.75. The van der Waals surface area contributed by atoms with Gasteiger partial charge >= 0.3 is 0 Å². The first-order valence-electron chi connectivity index (χ1n) is 5.34. The van der Waals surface area contributed by atoms with Gasteiger partial charge in [0.1, 0.15) is 11.4 Å². The van der Waals surface area contributed by atoms with Gasteiger partial charge in [-0.25, -0.2) is 0 Å². The lowest BCUT2D eigenvalue weighted by molar-refractivity contribution is 0.102. The van der Waals surface area contributed by atoms with Gasteiger partial charge in [0, 0.05) is 11.8 Å². The van der Waals surface area contributed by atoms with Crippen molar-refractivity contribution in [3.8, 4) is 5.75 Å². The molecule has 92 valence electrons. The summed E-state index contributed by atoms with van der Waals surface area (Å²) in [6.07, 6.45) is 2.09. The molecule has 0 radical (unpaired) electrons. The Labute approximate surface area is 103 Å². The smallest absolute Gasteiger partial charge is 0.272 e. The number of phenolic OH excluding ortho intramolecular Hbond substituents is 1. The summed E-state index contributed by atoms with van der Waals surface area (Å²) in [5, 5.41) is 12.2. The maximum Gasteiger partial charge on any atom is 0.272 e. The summed E-state index contributed by atoms with van der Waals surface area (Å²) >= 11 is 0. The molecular weight excluding hydrogens is 232 g/mol. The van der Waals surface area contributed by atoms with E-state index >= 15 is 0 Å². The number of aromatic amines is 1. The minimum atomic E-state index is -0.415. The normalized spacial score (nSPS) is 10.1. The molecule has 5 nitrogen and oxygen atoms in total. The second-order valence-electron chi connectivity index (χ2n) is 3.94. The lowest BCUT2D eigenvalue weighted by Gasteiger charge is -2.06. The number of rotatable bonds is 3. The van der Waals surface area contributed by atoms with Gasteiger partial charge in [0.2, 0.25) is 0 Å². The van der Waals surface area contributed by atoms with Crippen molar-refractivity contribution in [2.75, 3.05) is 5.32 Å². The molecular formula is C13H12N2O3. The summed E-state index contributed by atoms with van der Waals surface area (Å²) in [6, 6.07) is 6.39. The molecule has 1 heterocycles. The predicted octanol–water partition coefficient (Wildman–Crippen LogP) is 2.09. The number of phenols is 1. The van der Waals surface area contributed by atoms with Crippen LogP contribution in [0, 0.1) is 6.92 Å². The third kappa shape index (κ3) is 2.40. The molecule has 1 aromatic carbocycles. The molecule has 1 aromatic heterocycles. The zero-order chi connectivity index (χ0) is 13.1. The Morgan fingerprint density at radius 1 is 1.39 bits per heavy atom. The van der Waals surface area contributed by atoms with Crippen LogP contribution in [0.4, 0.5) is 5.69 Å². The summed E-state index contributed by atoms with van der Waals surface area (Å²) in [5.41, 5.74) is 1.88. The van der Waals surface area contributed by atoms with Crippen LogP contribution >= 0.6 is 0 Å². The fourth-order valence-corrected chi connectivity index (χ4v) is 1.55. The van der Waals surface area contributed by atoms with E-state index in [1.165, 1.54) is 12.3 Å². The molecule has 0 aliphatic carbocycles. The Morgan fingerprint density at radius 3 is 2.78 bits per heavy atom. The average Bonchev–Trinajstić information content (AvgIpc) is 2.81. The third-order valence-corrected chi connectivity index (χ3v) is 2.49. The number of amides is 1. The van der Waals surface area contributed by atoms with Gasteiger partial charge in [-0.2, -0.15) is 0 Å². The van der Waals surface area contributed by atoms with Crippen molar-refractivity contribution in [2.45, 2.75) is 6.92 Å². The van der Waals surface area contributed by atoms with E-state index in [-0.39, 0.29) is 11.4 Å². The van der Waals surface area contributed by atoms with Crippen LogP contribution in [0.15, 0.2) is 30.5 Å². The molecule has 0 spiro atoms. The van der Waals surface area contributed by atoms with Gasteiger partial charge in [-0.1, -0.05) is 6.07 Å². The highest BCUT2D eigenvalue weighted by Crippen LogP contribution is 2.24. The summed E-state index contributed by atoms with van der Waals surface area (Å²) in [4.78, 5) is 25.0. The van der Waals surface area contributed by atoms with Crippen LogP contribution in [0.1, 0.15) is 26.4 Å². The van der Waals surface area contributed by atoms with Gasteiger partial charge < -0.3 is 15.4 Å². The van der Waals surface area contributed by atoms with Gasteiger partial charge in [0.15, 0.2) is 6.29 Å². The molecule has 0 fully saturated rings. The van der Waals surface area contributed by atoms with E-state index in [2.05, 4.69) is 10.3 Å². The number of aromatic hydroxyl groups is 1. The quantitative estimate of drug-likeness (QED) is 0.571. The summed E-state index contributed by atoms with van der Waals surface area (Å²) in [6.45, 7) is 1.84. The monoisotopic (exact) mass is 244 g/mol. The number of carbonyl (C=O) groups excluding carboxylic acids is 2. The number of aldehydes is 1. The fourth-order valence-electron chi connectivity index (χ4n) is 1.55. The minimum Gasteiger partial charge on any atom is -0.506 e. The fraction of sp³-hybridized carbons (Fsp3) is 0.0769. The van der Waals surface area contributed by atoms with Crippen molar-refractivity contribution < 1.29 is 14.7 Å². The Hall–Kier alpha value is -2.56. The van der Waals surface area contributed by atoms with Gasteiger partial charge in [-0.05, 0) is 30.7 Å². The van der Waals surface area contributed by atoms with Crippen LogP contribution < -0.4 is 5.32 Å². The SMILES string of the molecule is Cc1ccc(NC(=O)c2cc(C=O)c[nH]2)c(O)c1. The van der Waals surface area contributed by atoms with E-state index < -0.39 is 5.91 Å². The van der Waals surface area contributed by atoms with E-state index in [4.69, 9.17) is 0 Å². The highest BCUT2D eigenvalue weighted by Gasteiger charge is 2.10. The highest BCUT2D eigenvalue weighted by atomic mass is 16.3. The zero-order valence-electron chi connectivity index (χ0n) is 9.73. The average molecular weight is 244 g/mol. The van der Waals surface area contributed by atoms with Crippen LogP contribution in [-0.4, -0.2) is 22.3 Å². The Morgan fingerprint density at radius 2 is 2.17 bits per heavy atom. The van der Waals surface area contributed by atoms with E-state index in [9.17, 15) is 14.7 Å². The summed E-state index contributed by atoms with van der Waals surface area (Å²) in [7, 11) is 0. The number of H-pyrrole nitrogens is 1. The molecule has 2 rings (SSSR count). The Bertz CT molecular complexity index is 602. The number of aromatic nitrogens is 1. The molecule has 0 bridgehead atoms. The number of hydrogen-bond donors (Lipinski definition) is 3. The second-order valence-corrected chi connectivity index (χ2v) is 3.94. The van der Waals surface area contributed by atoms with Crippen LogP contribution in [0.25, 0.3) is 0 Å². The first-order chi connectivity index (χ1) is 8.60. The van der Waals surface area contributed by atoms with E-state index in [0.717, 1.165) is 5.56 Å². The number of benzene rings is 1. The Kier molecular flexibility index (Phi) is 3.14. The van der Waals surface area contributed by atoms with Crippen LogP contribution in [0.5, 0.6) is 5.75 Å². The predicted molar refractivity (Wildman–Crippen MR) is 67.0 cm³/mol. The molecule has 3 N–H and O–H groups in total. The zero-order valence-corrected chi connectivity index (χ0v) is 9.73. The maximum atomic E-state index is 11.8. The van der Waals surface area contributed by atoms with Crippen molar-refractivity contribution in [3.05, 3.63) is 47.3 Å². The number of carbonyl (C=O) groups is 2. The standard InChI is InChI=1S/C13H12N2O3/c1-8-2-3-10(12(17)4-8)15-13(18)11-5-9(7-16)6-14-11/h2-7,14,17H,1H3,(H,15,18). The van der Waals surface area contributed by atoms with E-state index in [1.807, 2.05) is 6.92 Å². The first-order valence-corrected chi connectivity index (χ1v) is 5.34. The number of hydrogen-bond acceptors (Lipinski definition) is 3. The third-order valence-electron chi connectivity index (χ3n) is 2.49. The first kappa shape index (κ1) is 11.9. The maximum absolute atomic E-state index is 11.8. The van der Waals surface area contributed by atoms with E-state index in [0.29, 0.717) is 17.5 Å². The van der Waals surface area contributed by atoms with Crippen molar-refractivity contribution in [2.24, 2.45) is 0 Å². The van der Waals surface area contributed by atoms with Gasteiger partial charge in [-0.3, -0.25) is 9.59 Å². The Balaban J connectivity index is 2.18. The van der Waals surface area contributed by atoms with Gasteiger partial charge in [0.25, 0.3) is 5.91 Å². The molecule has 0 aliphatic heterocycles. The molecule has 0 saturated heterocycles. The molecule has 0 saturated carbocycles. The van der Waals surface area contributed by atoms with E-state index in [1.54, 1.807) is 18.2 Å². The van der Waals surface area contributed by atoms with Crippen LogP contribution in [-0.2, 0) is 0 Å². The molecule has 1 amide bonds.